The second-order valence-corrected chi connectivity index (χ2v) is 8.53. The van der Waals surface area contributed by atoms with Crippen molar-refractivity contribution in [2.24, 2.45) is 0 Å². The van der Waals surface area contributed by atoms with Gasteiger partial charge in [-0.1, -0.05) is 42.8 Å². The van der Waals surface area contributed by atoms with E-state index in [9.17, 15) is 10.1 Å². The maximum absolute atomic E-state index is 12.9. The molecule has 1 amide bonds. The summed E-state index contributed by atoms with van der Waals surface area (Å²) in [6.45, 7) is 6.69. The molecule has 180 valence electrons. The maximum Gasteiger partial charge on any atom is 0.266 e. The van der Waals surface area contributed by atoms with Crippen molar-refractivity contribution >= 4 is 17.7 Å². The molecule has 0 radical (unpaired) electrons. The van der Waals surface area contributed by atoms with E-state index in [4.69, 9.17) is 9.84 Å². The number of carbonyl (C=O) groups excluding carboxylic acids is 1. The van der Waals surface area contributed by atoms with Gasteiger partial charge in [-0.2, -0.15) is 10.4 Å². The van der Waals surface area contributed by atoms with E-state index < -0.39 is 5.91 Å². The molecule has 1 N–H and O–H groups in total. The normalized spacial score (nSPS) is 11.1. The van der Waals surface area contributed by atoms with Gasteiger partial charge < -0.3 is 10.1 Å². The second kappa shape index (κ2) is 11.2. The molecule has 0 aliphatic carbocycles. The largest absolute Gasteiger partial charge is 0.493 e. The van der Waals surface area contributed by atoms with Gasteiger partial charge in [-0.05, 0) is 74.4 Å². The summed E-state index contributed by atoms with van der Waals surface area (Å²) >= 11 is 0. The number of amides is 1. The van der Waals surface area contributed by atoms with Gasteiger partial charge >= 0.3 is 0 Å². The Morgan fingerprint density at radius 2 is 1.83 bits per heavy atom. The number of benzene rings is 3. The Hall–Kier alpha value is -4.63. The molecule has 0 aliphatic heterocycles. The van der Waals surface area contributed by atoms with Crippen molar-refractivity contribution in [2.45, 2.75) is 27.2 Å². The van der Waals surface area contributed by atoms with E-state index in [1.54, 1.807) is 10.8 Å². The van der Waals surface area contributed by atoms with Crippen LogP contribution in [-0.2, 0) is 4.79 Å². The third kappa shape index (κ3) is 5.70. The van der Waals surface area contributed by atoms with Crippen LogP contribution in [0.2, 0.25) is 0 Å². The Labute approximate surface area is 211 Å². The summed E-state index contributed by atoms with van der Waals surface area (Å²) in [5.74, 6) is 0.356. The number of para-hydroxylation sites is 1. The molecule has 0 spiro atoms. The molecule has 4 aromatic rings. The number of nitriles is 1. The lowest BCUT2D eigenvalue weighted by atomic mass is 10.0. The first kappa shape index (κ1) is 24.5. The quantitative estimate of drug-likeness (QED) is 0.233. The van der Waals surface area contributed by atoms with Crippen LogP contribution in [0.1, 0.15) is 30.0 Å². The summed E-state index contributed by atoms with van der Waals surface area (Å²) in [7, 11) is 0. The van der Waals surface area contributed by atoms with E-state index >= 15 is 0 Å². The fraction of sp³-hybridized carbons (Fsp3) is 0.167. The topological polar surface area (TPSA) is 79.9 Å². The Balaban J connectivity index is 1.74. The van der Waals surface area contributed by atoms with Gasteiger partial charge in [-0.15, -0.1) is 0 Å². The molecule has 0 fully saturated rings. The summed E-state index contributed by atoms with van der Waals surface area (Å²) in [5.41, 5.74) is 5.77. The molecule has 3 aromatic carbocycles. The van der Waals surface area contributed by atoms with Crippen molar-refractivity contribution in [3.63, 3.8) is 0 Å². The lowest BCUT2D eigenvalue weighted by molar-refractivity contribution is -0.112. The number of hydrogen-bond acceptors (Lipinski definition) is 4. The highest BCUT2D eigenvalue weighted by Crippen LogP contribution is 2.30. The van der Waals surface area contributed by atoms with Crippen LogP contribution >= 0.6 is 0 Å². The minimum atomic E-state index is -0.473. The fourth-order valence-electron chi connectivity index (χ4n) is 3.74. The van der Waals surface area contributed by atoms with Crippen LogP contribution in [0, 0.1) is 25.2 Å². The number of nitrogens with one attached hydrogen (secondary N) is 1. The second-order valence-electron chi connectivity index (χ2n) is 8.53. The van der Waals surface area contributed by atoms with E-state index in [1.165, 1.54) is 0 Å². The first-order valence-electron chi connectivity index (χ1n) is 11.9. The van der Waals surface area contributed by atoms with Crippen molar-refractivity contribution < 1.29 is 9.53 Å². The van der Waals surface area contributed by atoms with Crippen LogP contribution in [0.3, 0.4) is 0 Å². The Bertz CT molecular complexity index is 1430. The van der Waals surface area contributed by atoms with Crippen LogP contribution in [0.15, 0.2) is 84.6 Å². The van der Waals surface area contributed by atoms with Gasteiger partial charge in [0.15, 0.2) is 0 Å². The summed E-state index contributed by atoms with van der Waals surface area (Å²) < 4.78 is 7.58. The zero-order chi connectivity index (χ0) is 25.5. The summed E-state index contributed by atoms with van der Waals surface area (Å²) in [5, 5.41) is 17.4. The predicted molar refractivity (Wildman–Crippen MR) is 143 cm³/mol. The molecule has 0 saturated carbocycles. The first-order chi connectivity index (χ1) is 17.5. The standard InChI is InChI=1S/C30H28N4O2/c1-4-16-36-28-15-12-23(17-22(28)3)29-25(20-34(33-29)27-8-6-5-7-9-27)18-24(19-31)30(35)32-26-13-10-21(2)11-14-26/h5-15,17-18,20H,4,16H2,1-3H3,(H,32,35)/b24-18+. The minimum Gasteiger partial charge on any atom is -0.493 e. The van der Waals surface area contributed by atoms with Crippen molar-refractivity contribution in [3.05, 3.63) is 101 Å². The molecule has 1 heterocycles. The molecular weight excluding hydrogens is 448 g/mol. The fourth-order valence-corrected chi connectivity index (χ4v) is 3.74. The highest BCUT2D eigenvalue weighted by atomic mass is 16.5. The summed E-state index contributed by atoms with van der Waals surface area (Å²) in [4.78, 5) is 12.9. The van der Waals surface area contributed by atoms with E-state index in [1.807, 2.05) is 98.9 Å². The molecule has 0 atom stereocenters. The molecule has 1 aromatic heterocycles. The Morgan fingerprint density at radius 3 is 2.50 bits per heavy atom. The van der Waals surface area contributed by atoms with Gasteiger partial charge in [0.25, 0.3) is 5.91 Å². The first-order valence-corrected chi connectivity index (χ1v) is 11.9. The van der Waals surface area contributed by atoms with E-state index in [0.717, 1.165) is 34.5 Å². The number of aryl methyl sites for hydroxylation is 2. The average Bonchev–Trinajstić information content (AvgIpc) is 3.32. The number of hydrogen-bond donors (Lipinski definition) is 1. The van der Waals surface area contributed by atoms with Crippen LogP contribution in [0.4, 0.5) is 5.69 Å². The van der Waals surface area contributed by atoms with Crippen LogP contribution in [0.5, 0.6) is 5.75 Å². The van der Waals surface area contributed by atoms with Gasteiger partial charge in [-0.3, -0.25) is 4.79 Å². The van der Waals surface area contributed by atoms with Crippen LogP contribution in [-0.4, -0.2) is 22.3 Å². The highest BCUT2D eigenvalue weighted by molar-refractivity contribution is 6.10. The molecule has 6 nitrogen and oxygen atoms in total. The summed E-state index contributed by atoms with van der Waals surface area (Å²) in [6, 6.07) is 25.1. The van der Waals surface area contributed by atoms with E-state index in [-0.39, 0.29) is 5.57 Å². The van der Waals surface area contributed by atoms with E-state index in [2.05, 4.69) is 12.2 Å². The number of carbonyl (C=O) groups is 1. The molecule has 36 heavy (non-hydrogen) atoms. The molecule has 0 saturated heterocycles. The Morgan fingerprint density at radius 1 is 1.08 bits per heavy atom. The smallest absolute Gasteiger partial charge is 0.266 e. The third-order valence-corrected chi connectivity index (χ3v) is 5.65. The molecule has 0 bridgehead atoms. The lowest BCUT2D eigenvalue weighted by Gasteiger charge is -2.09. The summed E-state index contributed by atoms with van der Waals surface area (Å²) in [6.07, 6.45) is 4.35. The van der Waals surface area contributed by atoms with Gasteiger partial charge in [-0.25, -0.2) is 4.68 Å². The highest BCUT2D eigenvalue weighted by Gasteiger charge is 2.16. The lowest BCUT2D eigenvalue weighted by Crippen LogP contribution is -2.13. The van der Waals surface area contributed by atoms with Crippen LogP contribution < -0.4 is 10.1 Å². The molecule has 4 rings (SSSR count). The number of anilines is 1. The zero-order valence-electron chi connectivity index (χ0n) is 20.7. The molecule has 0 aliphatic rings. The van der Waals surface area contributed by atoms with Gasteiger partial charge in [0.2, 0.25) is 0 Å². The third-order valence-electron chi connectivity index (χ3n) is 5.65. The SMILES string of the molecule is CCCOc1ccc(-c2nn(-c3ccccc3)cc2/C=C(\C#N)C(=O)Nc2ccc(C)cc2)cc1C. The number of rotatable bonds is 8. The van der Waals surface area contributed by atoms with Gasteiger partial charge in [0.1, 0.15) is 23.1 Å². The van der Waals surface area contributed by atoms with Gasteiger partial charge in [0, 0.05) is 23.0 Å². The molecular formula is C30H28N4O2. The number of aromatic nitrogens is 2. The Kier molecular flexibility index (Phi) is 7.62. The van der Waals surface area contributed by atoms with Crippen molar-refractivity contribution in [2.75, 3.05) is 11.9 Å². The number of nitrogens with zero attached hydrogens (tertiary/aromatic N) is 3. The predicted octanol–water partition coefficient (Wildman–Crippen LogP) is 6.49. The maximum atomic E-state index is 12.9. The minimum absolute atomic E-state index is 0.0101. The molecule has 6 heteroatoms. The van der Waals surface area contributed by atoms with Crippen LogP contribution in [0.25, 0.3) is 23.0 Å². The average molecular weight is 477 g/mol. The van der Waals surface area contributed by atoms with Gasteiger partial charge in [0.05, 0.1) is 12.3 Å². The zero-order valence-corrected chi connectivity index (χ0v) is 20.7. The van der Waals surface area contributed by atoms with E-state index in [0.29, 0.717) is 23.6 Å². The number of ether oxygens (including phenoxy) is 1. The monoisotopic (exact) mass is 476 g/mol. The van der Waals surface area contributed by atoms with Crippen molar-refractivity contribution in [1.29, 1.82) is 5.26 Å². The van der Waals surface area contributed by atoms with Crippen molar-refractivity contribution in [3.8, 4) is 28.8 Å². The van der Waals surface area contributed by atoms with Crippen molar-refractivity contribution in [1.82, 2.24) is 9.78 Å². The molecule has 0 unspecified atom stereocenters.